The number of amides is 1. The summed E-state index contributed by atoms with van der Waals surface area (Å²) in [5.74, 6) is -0.543. The molecule has 0 aliphatic carbocycles. The average Bonchev–Trinajstić information content (AvgIpc) is 2.40. The van der Waals surface area contributed by atoms with E-state index in [-0.39, 0.29) is 18.1 Å². The van der Waals surface area contributed by atoms with Gasteiger partial charge in [-0.2, -0.15) is 5.10 Å². The molecule has 0 saturated heterocycles. The van der Waals surface area contributed by atoms with Crippen LogP contribution in [-0.2, 0) is 11.2 Å². The molecule has 0 spiro atoms. The fourth-order valence-corrected chi connectivity index (χ4v) is 1.59. The monoisotopic (exact) mass is 256 g/mol. The number of nitrogens with one attached hydrogen (secondary N) is 1. The number of hydrazone groups is 1. The summed E-state index contributed by atoms with van der Waals surface area (Å²) in [5.41, 5.74) is 3.92. The van der Waals surface area contributed by atoms with Gasteiger partial charge in [-0.3, -0.25) is 4.79 Å². The molecule has 2 aromatic rings. The van der Waals surface area contributed by atoms with Crippen molar-refractivity contribution in [3.05, 3.63) is 71.5 Å². The van der Waals surface area contributed by atoms with Crippen LogP contribution in [0.1, 0.15) is 11.1 Å². The van der Waals surface area contributed by atoms with E-state index in [0.29, 0.717) is 5.56 Å². The van der Waals surface area contributed by atoms with E-state index in [2.05, 4.69) is 10.5 Å². The Morgan fingerprint density at radius 1 is 1.16 bits per heavy atom. The molecular weight excluding hydrogens is 243 g/mol. The van der Waals surface area contributed by atoms with Crippen molar-refractivity contribution >= 4 is 12.1 Å². The van der Waals surface area contributed by atoms with E-state index >= 15 is 0 Å². The Labute approximate surface area is 110 Å². The third-order valence-corrected chi connectivity index (χ3v) is 2.46. The van der Waals surface area contributed by atoms with Crippen LogP contribution in [0.2, 0.25) is 0 Å². The molecule has 0 aliphatic rings. The highest BCUT2D eigenvalue weighted by molar-refractivity contribution is 5.83. The molecule has 2 aromatic carbocycles. The van der Waals surface area contributed by atoms with Crippen LogP contribution in [0.5, 0.6) is 0 Å². The predicted octanol–water partition coefficient (Wildman–Crippen LogP) is 2.52. The van der Waals surface area contributed by atoms with Crippen LogP contribution < -0.4 is 5.43 Å². The zero-order valence-electron chi connectivity index (χ0n) is 10.2. The lowest BCUT2D eigenvalue weighted by Gasteiger charge is -1.99. The quantitative estimate of drug-likeness (QED) is 0.662. The molecule has 4 heteroatoms. The Hall–Kier alpha value is -2.49. The van der Waals surface area contributed by atoms with Gasteiger partial charge in [-0.15, -0.1) is 0 Å². The summed E-state index contributed by atoms with van der Waals surface area (Å²) < 4.78 is 12.9. The van der Waals surface area contributed by atoms with Gasteiger partial charge in [-0.05, 0) is 23.3 Å². The highest BCUT2D eigenvalue weighted by Gasteiger charge is 2.00. The van der Waals surface area contributed by atoms with Gasteiger partial charge in [0.1, 0.15) is 5.82 Å². The third kappa shape index (κ3) is 4.35. The van der Waals surface area contributed by atoms with Crippen molar-refractivity contribution in [1.82, 2.24) is 5.43 Å². The molecule has 0 aliphatic heterocycles. The van der Waals surface area contributed by atoms with Crippen molar-refractivity contribution in [3.63, 3.8) is 0 Å². The number of halogens is 1. The number of benzene rings is 2. The molecule has 0 saturated carbocycles. The highest BCUT2D eigenvalue weighted by atomic mass is 19.1. The molecule has 96 valence electrons. The highest BCUT2D eigenvalue weighted by Crippen LogP contribution is 2.01. The largest absolute Gasteiger partial charge is 0.273 e. The number of hydrogen-bond acceptors (Lipinski definition) is 2. The zero-order chi connectivity index (χ0) is 13.5. The van der Waals surface area contributed by atoms with Gasteiger partial charge < -0.3 is 0 Å². The zero-order valence-corrected chi connectivity index (χ0v) is 10.2. The summed E-state index contributed by atoms with van der Waals surface area (Å²) in [4.78, 5) is 11.6. The summed E-state index contributed by atoms with van der Waals surface area (Å²) >= 11 is 0. The maximum Gasteiger partial charge on any atom is 0.244 e. The second kappa shape index (κ2) is 6.44. The molecule has 1 N–H and O–H groups in total. The Morgan fingerprint density at radius 3 is 2.68 bits per heavy atom. The molecule has 0 heterocycles. The summed E-state index contributed by atoms with van der Waals surface area (Å²) in [6.07, 6.45) is 1.67. The molecule has 0 atom stereocenters. The molecule has 19 heavy (non-hydrogen) atoms. The minimum Gasteiger partial charge on any atom is -0.273 e. The van der Waals surface area contributed by atoms with Crippen LogP contribution in [0.4, 0.5) is 4.39 Å². The Kier molecular flexibility index (Phi) is 4.39. The van der Waals surface area contributed by atoms with Gasteiger partial charge in [0.05, 0.1) is 12.6 Å². The second-order valence-corrected chi connectivity index (χ2v) is 4.01. The molecule has 0 bridgehead atoms. The molecule has 3 nitrogen and oxygen atoms in total. The standard InChI is InChI=1S/C15H13FN2O/c16-14-8-4-7-13(9-14)11-17-18-15(19)10-12-5-2-1-3-6-12/h1-9,11H,10H2,(H,18,19)/b17-11+. The molecule has 1 amide bonds. The number of rotatable bonds is 4. The SMILES string of the molecule is O=C(Cc1ccccc1)N/N=C/c1cccc(F)c1. The lowest BCUT2D eigenvalue weighted by molar-refractivity contribution is -0.120. The first-order valence-corrected chi connectivity index (χ1v) is 5.85. The van der Waals surface area contributed by atoms with Gasteiger partial charge in [0.2, 0.25) is 5.91 Å². The maximum absolute atomic E-state index is 12.9. The van der Waals surface area contributed by atoms with Crippen molar-refractivity contribution < 1.29 is 9.18 Å². The van der Waals surface area contributed by atoms with E-state index in [0.717, 1.165) is 5.56 Å². The van der Waals surface area contributed by atoms with Crippen LogP contribution in [0, 0.1) is 5.82 Å². The van der Waals surface area contributed by atoms with Crippen LogP contribution in [-0.4, -0.2) is 12.1 Å². The maximum atomic E-state index is 12.9. The van der Waals surface area contributed by atoms with Crippen LogP contribution in [0.15, 0.2) is 59.7 Å². The summed E-state index contributed by atoms with van der Waals surface area (Å²) in [7, 11) is 0. The van der Waals surface area contributed by atoms with Gasteiger partial charge in [0.25, 0.3) is 0 Å². The molecule has 0 aromatic heterocycles. The topological polar surface area (TPSA) is 41.5 Å². The second-order valence-electron chi connectivity index (χ2n) is 4.01. The molecule has 0 unspecified atom stereocenters. The van der Waals surface area contributed by atoms with Gasteiger partial charge in [-0.25, -0.2) is 9.82 Å². The van der Waals surface area contributed by atoms with Gasteiger partial charge in [0, 0.05) is 0 Å². The van der Waals surface area contributed by atoms with Gasteiger partial charge >= 0.3 is 0 Å². The lowest BCUT2D eigenvalue weighted by atomic mass is 10.1. The third-order valence-electron chi connectivity index (χ3n) is 2.46. The van der Waals surface area contributed by atoms with E-state index in [9.17, 15) is 9.18 Å². The molecule has 0 fully saturated rings. The first-order valence-electron chi connectivity index (χ1n) is 5.85. The summed E-state index contributed by atoms with van der Waals surface area (Å²) in [5, 5.41) is 3.79. The fraction of sp³-hybridized carbons (Fsp3) is 0.0667. The van der Waals surface area contributed by atoms with Gasteiger partial charge in [-0.1, -0.05) is 42.5 Å². The van der Waals surface area contributed by atoms with E-state index in [1.165, 1.54) is 18.3 Å². The number of hydrogen-bond donors (Lipinski definition) is 1. The van der Waals surface area contributed by atoms with E-state index < -0.39 is 0 Å². The number of carbonyl (C=O) groups excluding carboxylic acids is 1. The van der Waals surface area contributed by atoms with E-state index in [1.54, 1.807) is 12.1 Å². The Morgan fingerprint density at radius 2 is 1.95 bits per heavy atom. The Bertz CT molecular complexity index is 582. The molecule has 0 radical (unpaired) electrons. The fourth-order valence-electron chi connectivity index (χ4n) is 1.59. The van der Waals surface area contributed by atoms with Crippen LogP contribution >= 0.6 is 0 Å². The van der Waals surface area contributed by atoms with Crippen molar-refractivity contribution in [3.8, 4) is 0 Å². The lowest BCUT2D eigenvalue weighted by Crippen LogP contribution is -2.19. The van der Waals surface area contributed by atoms with Crippen molar-refractivity contribution in [2.75, 3.05) is 0 Å². The number of nitrogens with zero attached hydrogens (tertiary/aromatic N) is 1. The van der Waals surface area contributed by atoms with Crippen LogP contribution in [0.25, 0.3) is 0 Å². The van der Waals surface area contributed by atoms with Crippen molar-refractivity contribution in [1.29, 1.82) is 0 Å². The molecule has 2 rings (SSSR count). The van der Waals surface area contributed by atoms with Crippen molar-refractivity contribution in [2.24, 2.45) is 5.10 Å². The average molecular weight is 256 g/mol. The first kappa shape index (κ1) is 13.0. The predicted molar refractivity (Wildman–Crippen MR) is 72.3 cm³/mol. The smallest absolute Gasteiger partial charge is 0.244 e. The molecular formula is C15H13FN2O. The van der Waals surface area contributed by atoms with E-state index in [1.807, 2.05) is 30.3 Å². The van der Waals surface area contributed by atoms with Gasteiger partial charge in [0.15, 0.2) is 0 Å². The normalized spacial score (nSPS) is 10.6. The Balaban J connectivity index is 1.87. The first-order chi connectivity index (χ1) is 9.24. The minimum absolute atomic E-state index is 0.209. The number of carbonyl (C=O) groups is 1. The van der Waals surface area contributed by atoms with Crippen LogP contribution in [0.3, 0.4) is 0 Å². The summed E-state index contributed by atoms with van der Waals surface area (Å²) in [6.45, 7) is 0. The minimum atomic E-state index is -0.334. The summed E-state index contributed by atoms with van der Waals surface area (Å²) in [6, 6.07) is 15.4. The van der Waals surface area contributed by atoms with E-state index in [4.69, 9.17) is 0 Å². The van der Waals surface area contributed by atoms with Crippen molar-refractivity contribution in [2.45, 2.75) is 6.42 Å².